The van der Waals surface area contributed by atoms with Crippen molar-refractivity contribution in [3.8, 4) is 0 Å². The third-order valence-corrected chi connectivity index (χ3v) is 3.68. The number of rotatable bonds is 2. The van der Waals surface area contributed by atoms with Crippen molar-refractivity contribution in [3.63, 3.8) is 0 Å². The van der Waals surface area contributed by atoms with Crippen LogP contribution in [0.2, 0.25) is 0 Å². The van der Waals surface area contributed by atoms with E-state index in [0.29, 0.717) is 17.9 Å². The number of hydrogen-bond donors (Lipinski definition) is 1. The first-order valence-electron chi connectivity index (χ1n) is 5.04. The van der Waals surface area contributed by atoms with E-state index in [9.17, 15) is 9.59 Å². The fourth-order valence-corrected chi connectivity index (χ4v) is 2.54. The summed E-state index contributed by atoms with van der Waals surface area (Å²) in [5.74, 6) is -0.673. The van der Waals surface area contributed by atoms with Crippen LogP contribution in [0, 0.1) is 0 Å². The normalized spacial score (nSPS) is 18.2. The Balaban J connectivity index is 2.28. The minimum absolute atomic E-state index is 0.273. The van der Waals surface area contributed by atoms with Crippen LogP contribution < -0.4 is 5.32 Å². The summed E-state index contributed by atoms with van der Waals surface area (Å²) >= 11 is 7.06. The summed E-state index contributed by atoms with van der Waals surface area (Å²) in [7, 11) is 0. The molecular formula is C11H10ClNO3S. The summed E-state index contributed by atoms with van der Waals surface area (Å²) in [4.78, 5) is 23.7. The molecule has 0 aliphatic carbocycles. The Labute approximate surface area is 108 Å². The predicted octanol–water partition coefficient (Wildman–Crippen LogP) is 2.47. The molecule has 0 radical (unpaired) electrons. The number of hydrogen-bond acceptors (Lipinski definition) is 4. The number of alkyl halides is 1. The quantitative estimate of drug-likeness (QED) is 0.663. The van der Waals surface area contributed by atoms with Gasteiger partial charge in [-0.25, -0.2) is 4.79 Å². The summed E-state index contributed by atoms with van der Waals surface area (Å²) in [5, 5.41) is 2.65. The van der Waals surface area contributed by atoms with Crippen LogP contribution >= 0.6 is 23.4 Å². The van der Waals surface area contributed by atoms with E-state index in [-0.39, 0.29) is 5.91 Å². The lowest BCUT2D eigenvalue weighted by atomic mass is 10.2. The van der Waals surface area contributed by atoms with E-state index in [1.165, 1.54) is 11.8 Å². The van der Waals surface area contributed by atoms with E-state index >= 15 is 0 Å². The number of benzene rings is 1. The highest BCUT2D eigenvalue weighted by atomic mass is 35.5. The van der Waals surface area contributed by atoms with Gasteiger partial charge in [0.2, 0.25) is 0 Å². The van der Waals surface area contributed by atoms with Gasteiger partial charge >= 0.3 is 5.97 Å². The van der Waals surface area contributed by atoms with Gasteiger partial charge in [-0.15, -0.1) is 0 Å². The van der Waals surface area contributed by atoms with Crippen molar-refractivity contribution in [3.05, 3.63) is 23.8 Å². The number of esters is 1. The lowest BCUT2D eigenvalue weighted by Gasteiger charge is -2.20. The van der Waals surface area contributed by atoms with Gasteiger partial charge in [0, 0.05) is 4.90 Å². The van der Waals surface area contributed by atoms with Crippen LogP contribution in [-0.2, 0) is 9.53 Å². The first kappa shape index (κ1) is 12.3. The molecule has 1 aromatic carbocycles. The van der Waals surface area contributed by atoms with E-state index in [1.54, 1.807) is 25.1 Å². The van der Waals surface area contributed by atoms with Crippen LogP contribution in [0.15, 0.2) is 23.1 Å². The summed E-state index contributed by atoms with van der Waals surface area (Å²) in [6.45, 7) is 2.06. The zero-order valence-electron chi connectivity index (χ0n) is 9.03. The molecule has 1 atom stereocenters. The highest BCUT2D eigenvalue weighted by molar-refractivity contribution is 8.02. The number of nitrogens with one attached hydrogen (secondary N) is 1. The summed E-state index contributed by atoms with van der Waals surface area (Å²) in [6.07, 6.45) is 0. The van der Waals surface area contributed by atoms with Gasteiger partial charge in [-0.2, -0.15) is 0 Å². The Morgan fingerprint density at radius 1 is 1.59 bits per heavy atom. The van der Waals surface area contributed by atoms with Gasteiger partial charge in [0.15, 0.2) is 4.71 Å². The average Bonchev–Trinajstić information content (AvgIpc) is 2.30. The van der Waals surface area contributed by atoms with Crippen LogP contribution in [0.3, 0.4) is 0 Å². The fourth-order valence-electron chi connectivity index (χ4n) is 1.43. The van der Waals surface area contributed by atoms with Crippen molar-refractivity contribution in [2.24, 2.45) is 0 Å². The molecular weight excluding hydrogens is 262 g/mol. The minimum atomic E-state index is -0.629. The number of anilines is 1. The number of halogens is 1. The van der Waals surface area contributed by atoms with Crippen LogP contribution in [0.25, 0.3) is 0 Å². The van der Waals surface area contributed by atoms with Crippen LogP contribution in [-0.4, -0.2) is 23.2 Å². The van der Waals surface area contributed by atoms with Gasteiger partial charge in [0.05, 0.1) is 17.9 Å². The van der Waals surface area contributed by atoms with Crippen LogP contribution in [0.1, 0.15) is 17.3 Å². The van der Waals surface area contributed by atoms with Crippen molar-refractivity contribution in [2.75, 3.05) is 11.9 Å². The van der Waals surface area contributed by atoms with Crippen molar-refractivity contribution in [1.82, 2.24) is 0 Å². The Kier molecular flexibility index (Phi) is 3.59. The van der Waals surface area contributed by atoms with Crippen LogP contribution in [0.4, 0.5) is 5.69 Å². The molecule has 1 amide bonds. The van der Waals surface area contributed by atoms with Crippen molar-refractivity contribution < 1.29 is 14.3 Å². The minimum Gasteiger partial charge on any atom is -0.462 e. The topological polar surface area (TPSA) is 55.4 Å². The lowest BCUT2D eigenvalue weighted by Crippen LogP contribution is -2.25. The SMILES string of the molecule is CCOC(=O)c1ccc2c(c1)NC(=O)C(Cl)S2. The zero-order valence-corrected chi connectivity index (χ0v) is 10.6. The van der Waals surface area contributed by atoms with Gasteiger partial charge in [-0.05, 0) is 25.1 Å². The number of thioether (sulfide) groups is 1. The standard InChI is InChI=1S/C11H10ClNO3S/c1-2-16-11(15)6-3-4-8-7(5-6)13-10(14)9(12)17-8/h3-5,9H,2H2,1H3,(H,13,14). The first-order valence-corrected chi connectivity index (χ1v) is 6.36. The Morgan fingerprint density at radius 3 is 3.06 bits per heavy atom. The molecule has 0 aromatic heterocycles. The molecule has 0 saturated carbocycles. The second kappa shape index (κ2) is 4.98. The molecule has 1 unspecified atom stereocenters. The second-order valence-electron chi connectivity index (χ2n) is 3.35. The molecule has 1 aliphatic heterocycles. The summed E-state index contributed by atoms with van der Waals surface area (Å²) in [5.41, 5.74) is 1.02. The molecule has 4 nitrogen and oxygen atoms in total. The number of amides is 1. The molecule has 0 fully saturated rings. The van der Waals surface area contributed by atoms with E-state index in [1.807, 2.05) is 0 Å². The van der Waals surface area contributed by atoms with E-state index in [0.717, 1.165) is 4.90 Å². The second-order valence-corrected chi connectivity index (χ2v) is 5.20. The molecule has 2 rings (SSSR count). The van der Waals surface area contributed by atoms with E-state index in [4.69, 9.17) is 16.3 Å². The number of fused-ring (bicyclic) bond motifs is 1. The molecule has 1 aromatic rings. The summed E-state index contributed by atoms with van der Waals surface area (Å²) in [6, 6.07) is 5.01. The van der Waals surface area contributed by atoms with Gasteiger partial charge < -0.3 is 10.1 Å². The monoisotopic (exact) mass is 271 g/mol. The molecule has 1 N–H and O–H groups in total. The predicted molar refractivity (Wildman–Crippen MR) is 66.5 cm³/mol. The third kappa shape index (κ3) is 2.56. The zero-order chi connectivity index (χ0) is 12.4. The molecule has 0 bridgehead atoms. The van der Waals surface area contributed by atoms with Gasteiger partial charge in [0.25, 0.3) is 5.91 Å². The van der Waals surface area contributed by atoms with E-state index < -0.39 is 10.7 Å². The lowest BCUT2D eigenvalue weighted by molar-refractivity contribution is -0.114. The maximum Gasteiger partial charge on any atom is 0.338 e. The third-order valence-electron chi connectivity index (χ3n) is 2.19. The summed E-state index contributed by atoms with van der Waals surface area (Å²) < 4.78 is 4.25. The van der Waals surface area contributed by atoms with Crippen molar-refractivity contribution >= 4 is 40.9 Å². The Morgan fingerprint density at radius 2 is 2.35 bits per heavy atom. The Hall–Kier alpha value is -1.20. The number of carbonyl (C=O) groups excluding carboxylic acids is 2. The molecule has 6 heteroatoms. The van der Waals surface area contributed by atoms with Gasteiger partial charge in [0.1, 0.15) is 0 Å². The molecule has 0 saturated heterocycles. The molecule has 1 heterocycles. The largest absolute Gasteiger partial charge is 0.462 e. The van der Waals surface area contributed by atoms with Crippen LogP contribution in [0.5, 0.6) is 0 Å². The Bertz CT molecular complexity index is 478. The molecule has 0 spiro atoms. The van der Waals surface area contributed by atoms with Gasteiger partial charge in [-0.3, -0.25) is 4.79 Å². The first-order chi connectivity index (χ1) is 8.11. The van der Waals surface area contributed by atoms with Gasteiger partial charge in [-0.1, -0.05) is 23.4 Å². The molecule has 90 valence electrons. The maximum atomic E-state index is 11.5. The number of ether oxygens (including phenoxy) is 1. The highest BCUT2D eigenvalue weighted by Gasteiger charge is 2.25. The highest BCUT2D eigenvalue weighted by Crippen LogP contribution is 2.37. The molecule has 17 heavy (non-hydrogen) atoms. The molecule has 1 aliphatic rings. The van der Waals surface area contributed by atoms with E-state index in [2.05, 4.69) is 5.32 Å². The number of carbonyl (C=O) groups is 2. The van der Waals surface area contributed by atoms with Crippen molar-refractivity contribution in [1.29, 1.82) is 0 Å². The van der Waals surface area contributed by atoms with Crippen molar-refractivity contribution in [2.45, 2.75) is 16.5 Å². The smallest absolute Gasteiger partial charge is 0.338 e. The average molecular weight is 272 g/mol. The fraction of sp³-hybridized carbons (Fsp3) is 0.273. The maximum absolute atomic E-state index is 11.5.